The predicted octanol–water partition coefficient (Wildman–Crippen LogP) is 4.72. The van der Waals surface area contributed by atoms with Gasteiger partial charge in [0.2, 0.25) is 17.6 Å². The molecule has 0 radical (unpaired) electrons. The van der Waals surface area contributed by atoms with Crippen molar-refractivity contribution in [1.29, 1.82) is 0 Å². The highest BCUT2D eigenvalue weighted by Crippen LogP contribution is 2.31. The van der Waals surface area contributed by atoms with Crippen molar-refractivity contribution >= 4 is 5.91 Å². The van der Waals surface area contributed by atoms with Crippen LogP contribution in [0.1, 0.15) is 68.7 Å². The largest absolute Gasteiger partial charge is 0.343 e. The molecule has 1 aliphatic carbocycles. The molecule has 144 valence electrons. The van der Waals surface area contributed by atoms with Gasteiger partial charge >= 0.3 is 0 Å². The molecule has 27 heavy (non-hydrogen) atoms. The van der Waals surface area contributed by atoms with Gasteiger partial charge in [0.25, 0.3) is 0 Å². The van der Waals surface area contributed by atoms with E-state index in [1.54, 1.807) is 0 Å². The second-order valence-corrected chi connectivity index (χ2v) is 8.17. The molecular weight excluding hydrogens is 338 g/mol. The molecule has 2 fully saturated rings. The molecule has 0 N–H and O–H groups in total. The number of aromatic nitrogens is 2. The van der Waals surface area contributed by atoms with Gasteiger partial charge in [-0.1, -0.05) is 54.6 Å². The predicted molar refractivity (Wildman–Crippen MR) is 104 cm³/mol. The lowest BCUT2D eigenvalue weighted by Crippen LogP contribution is -2.38. The Bertz CT molecular complexity index is 771. The van der Waals surface area contributed by atoms with Crippen LogP contribution in [0.5, 0.6) is 0 Å². The van der Waals surface area contributed by atoms with E-state index in [1.165, 1.54) is 31.2 Å². The second-order valence-electron chi connectivity index (χ2n) is 8.17. The molecule has 2 aliphatic rings. The number of carbonyl (C=O) groups excluding carboxylic acids is 1. The standard InChI is InChI=1S/C22H29N3O2/c1-16-5-4-8-19(15-16)21-23-22(27-24-21)18-11-13-25(14-12-18)20(26)10-9-17-6-2-3-7-17/h4-5,8,15,17-18H,2-3,6-7,9-14H2,1H3. The zero-order chi connectivity index (χ0) is 18.6. The Balaban J connectivity index is 1.29. The molecule has 1 aromatic carbocycles. The van der Waals surface area contributed by atoms with Gasteiger partial charge < -0.3 is 9.42 Å². The maximum Gasteiger partial charge on any atom is 0.230 e. The molecule has 1 saturated carbocycles. The van der Waals surface area contributed by atoms with E-state index in [0.29, 0.717) is 24.0 Å². The lowest BCUT2D eigenvalue weighted by Gasteiger charge is -2.30. The van der Waals surface area contributed by atoms with Gasteiger partial charge in [0.1, 0.15) is 0 Å². The first-order valence-corrected chi connectivity index (χ1v) is 10.4. The number of likely N-dealkylation sites (tertiary alicyclic amines) is 1. The summed E-state index contributed by atoms with van der Waals surface area (Å²) in [6.45, 7) is 3.66. The summed E-state index contributed by atoms with van der Waals surface area (Å²) in [6, 6.07) is 8.15. The van der Waals surface area contributed by atoms with Crippen LogP contribution in [0, 0.1) is 12.8 Å². The number of rotatable bonds is 5. The van der Waals surface area contributed by atoms with Crippen molar-refractivity contribution in [2.45, 2.75) is 64.2 Å². The van der Waals surface area contributed by atoms with Crippen LogP contribution < -0.4 is 0 Å². The number of amides is 1. The first kappa shape index (κ1) is 18.2. The fourth-order valence-corrected chi connectivity index (χ4v) is 4.46. The molecule has 1 aliphatic heterocycles. The Hall–Kier alpha value is -2.17. The monoisotopic (exact) mass is 367 g/mol. The van der Waals surface area contributed by atoms with E-state index in [-0.39, 0.29) is 5.92 Å². The minimum Gasteiger partial charge on any atom is -0.343 e. The van der Waals surface area contributed by atoms with E-state index < -0.39 is 0 Å². The summed E-state index contributed by atoms with van der Waals surface area (Å²) in [7, 11) is 0. The number of hydrogen-bond donors (Lipinski definition) is 0. The molecular formula is C22H29N3O2. The van der Waals surface area contributed by atoms with Crippen molar-refractivity contribution in [3.8, 4) is 11.4 Å². The molecule has 0 bridgehead atoms. The van der Waals surface area contributed by atoms with Gasteiger partial charge in [0.15, 0.2) is 0 Å². The molecule has 2 aromatic rings. The van der Waals surface area contributed by atoms with Crippen LogP contribution in [0.4, 0.5) is 0 Å². The van der Waals surface area contributed by atoms with Crippen molar-refractivity contribution in [2.24, 2.45) is 5.92 Å². The first-order valence-electron chi connectivity index (χ1n) is 10.4. The summed E-state index contributed by atoms with van der Waals surface area (Å²) in [4.78, 5) is 19.1. The number of nitrogens with zero attached hydrogens (tertiary/aromatic N) is 3. The zero-order valence-corrected chi connectivity index (χ0v) is 16.2. The number of piperidine rings is 1. The van der Waals surface area contributed by atoms with Crippen LogP contribution in [-0.2, 0) is 4.79 Å². The summed E-state index contributed by atoms with van der Waals surface area (Å²) in [5.41, 5.74) is 2.17. The summed E-state index contributed by atoms with van der Waals surface area (Å²) in [6.07, 6.45) is 8.93. The van der Waals surface area contributed by atoms with Crippen LogP contribution >= 0.6 is 0 Å². The van der Waals surface area contributed by atoms with Crippen LogP contribution in [0.2, 0.25) is 0 Å². The molecule has 1 saturated heterocycles. The highest BCUT2D eigenvalue weighted by molar-refractivity contribution is 5.76. The van der Waals surface area contributed by atoms with E-state index >= 15 is 0 Å². The Morgan fingerprint density at radius 1 is 1.19 bits per heavy atom. The van der Waals surface area contributed by atoms with Gasteiger partial charge in [-0.3, -0.25) is 4.79 Å². The lowest BCUT2D eigenvalue weighted by molar-refractivity contribution is -0.132. The SMILES string of the molecule is Cc1cccc(-c2noc(C3CCN(C(=O)CCC4CCCC4)CC3)n2)c1. The fourth-order valence-electron chi connectivity index (χ4n) is 4.46. The number of aryl methyl sites for hydroxylation is 1. The third-order valence-electron chi connectivity index (χ3n) is 6.16. The Morgan fingerprint density at radius 3 is 2.70 bits per heavy atom. The van der Waals surface area contributed by atoms with E-state index in [4.69, 9.17) is 4.52 Å². The molecule has 4 rings (SSSR count). The highest BCUT2D eigenvalue weighted by Gasteiger charge is 2.28. The van der Waals surface area contributed by atoms with Gasteiger partial charge in [-0.05, 0) is 38.2 Å². The Morgan fingerprint density at radius 2 is 1.96 bits per heavy atom. The third-order valence-corrected chi connectivity index (χ3v) is 6.16. The normalized spacial score (nSPS) is 18.9. The Labute approximate surface area is 161 Å². The van der Waals surface area contributed by atoms with E-state index in [9.17, 15) is 4.79 Å². The van der Waals surface area contributed by atoms with Gasteiger partial charge in [0.05, 0.1) is 0 Å². The van der Waals surface area contributed by atoms with Crippen LogP contribution in [0.15, 0.2) is 28.8 Å². The smallest absolute Gasteiger partial charge is 0.230 e. The van der Waals surface area contributed by atoms with E-state index in [2.05, 4.69) is 29.2 Å². The first-order chi connectivity index (χ1) is 13.2. The average molecular weight is 367 g/mol. The fraction of sp³-hybridized carbons (Fsp3) is 0.591. The number of hydrogen-bond acceptors (Lipinski definition) is 4. The van der Waals surface area contributed by atoms with Gasteiger partial charge in [0, 0.05) is 31.0 Å². The molecule has 0 spiro atoms. The van der Waals surface area contributed by atoms with Crippen molar-refractivity contribution < 1.29 is 9.32 Å². The summed E-state index contributed by atoms with van der Waals surface area (Å²) in [5.74, 6) is 2.74. The third kappa shape index (κ3) is 4.40. The van der Waals surface area contributed by atoms with Crippen molar-refractivity contribution in [1.82, 2.24) is 15.0 Å². The Kier molecular flexibility index (Phi) is 5.55. The van der Waals surface area contributed by atoms with E-state index in [0.717, 1.165) is 43.8 Å². The second kappa shape index (κ2) is 8.24. The quantitative estimate of drug-likeness (QED) is 0.767. The number of carbonyl (C=O) groups is 1. The topological polar surface area (TPSA) is 59.2 Å². The maximum atomic E-state index is 12.5. The molecule has 0 atom stereocenters. The van der Waals surface area contributed by atoms with Crippen molar-refractivity contribution in [3.63, 3.8) is 0 Å². The highest BCUT2D eigenvalue weighted by atomic mass is 16.5. The molecule has 2 heterocycles. The van der Waals surface area contributed by atoms with Gasteiger partial charge in [-0.25, -0.2) is 0 Å². The summed E-state index contributed by atoms with van der Waals surface area (Å²) < 4.78 is 5.54. The summed E-state index contributed by atoms with van der Waals surface area (Å²) in [5, 5.41) is 4.16. The van der Waals surface area contributed by atoms with Crippen LogP contribution in [0.25, 0.3) is 11.4 Å². The molecule has 1 aromatic heterocycles. The molecule has 1 amide bonds. The van der Waals surface area contributed by atoms with Crippen LogP contribution in [0.3, 0.4) is 0 Å². The van der Waals surface area contributed by atoms with Crippen molar-refractivity contribution in [3.05, 3.63) is 35.7 Å². The lowest BCUT2D eigenvalue weighted by atomic mass is 9.95. The molecule has 5 heteroatoms. The maximum absolute atomic E-state index is 12.5. The van der Waals surface area contributed by atoms with Gasteiger partial charge in [-0.15, -0.1) is 0 Å². The van der Waals surface area contributed by atoms with Crippen molar-refractivity contribution in [2.75, 3.05) is 13.1 Å². The average Bonchev–Trinajstić information content (AvgIpc) is 3.38. The minimum absolute atomic E-state index is 0.259. The minimum atomic E-state index is 0.259. The molecule has 0 unspecified atom stereocenters. The zero-order valence-electron chi connectivity index (χ0n) is 16.2. The number of benzene rings is 1. The van der Waals surface area contributed by atoms with E-state index in [1.807, 2.05) is 17.0 Å². The molecule has 5 nitrogen and oxygen atoms in total. The summed E-state index contributed by atoms with van der Waals surface area (Å²) >= 11 is 0. The van der Waals surface area contributed by atoms with Crippen LogP contribution in [-0.4, -0.2) is 34.0 Å². The van der Waals surface area contributed by atoms with Gasteiger partial charge in [-0.2, -0.15) is 4.98 Å².